The predicted octanol–water partition coefficient (Wildman–Crippen LogP) is 6.52. The van der Waals surface area contributed by atoms with E-state index in [0.717, 1.165) is 22.3 Å². The first-order valence-electron chi connectivity index (χ1n) is 13.3. The second kappa shape index (κ2) is 10.4. The lowest BCUT2D eigenvalue weighted by Gasteiger charge is -2.45. The number of pyridine rings is 1. The molecule has 2 aromatic carbocycles. The summed E-state index contributed by atoms with van der Waals surface area (Å²) in [4.78, 5) is 27.4. The molecule has 0 bridgehead atoms. The monoisotopic (exact) mass is 516 g/mol. The van der Waals surface area contributed by atoms with Gasteiger partial charge in [0.25, 0.3) is 5.56 Å². The highest BCUT2D eigenvalue weighted by atomic mass is 16.6. The molecule has 4 rings (SSSR count). The van der Waals surface area contributed by atoms with Crippen molar-refractivity contribution in [3.8, 4) is 11.1 Å². The largest absolute Gasteiger partial charge is 0.438 e. The molecule has 1 N–H and O–H groups in total. The van der Waals surface area contributed by atoms with Crippen LogP contribution in [0.1, 0.15) is 71.6 Å². The molecule has 0 saturated carbocycles. The van der Waals surface area contributed by atoms with Crippen molar-refractivity contribution in [3.63, 3.8) is 0 Å². The number of hydrogen-bond donors (Lipinski definition) is 1. The van der Waals surface area contributed by atoms with E-state index in [4.69, 9.17) is 4.74 Å². The van der Waals surface area contributed by atoms with E-state index >= 15 is 0 Å². The molecule has 1 saturated heterocycles. The van der Waals surface area contributed by atoms with Gasteiger partial charge in [-0.3, -0.25) is 4.79 Å². The SMILES string of the molecule is C[C@@H](c1ccc(-c2ccc(=O)n(CC(C)(C)C)c2)cc1)N1CC[C@](CC(C)(C)O)(c2ccccc2)OC1=O. The van der Waals surface area contributed by atoms with E-state index in [0.29, 0.717) is 25.9 Å². The van der Waals surface area contributed by atoms with Gasteiger partial charge in [0.2, 0.25) is 0 Å². The summed E-state index contributed by atoms with van der Waals surface area (Å²) >= 11 is 0. The lowest BCUT2D eigenvalue weighted by Crippen LogP contribution is -2.51. The number of aromatic nitrogens is 1. The third-order valence-corrected chi connectivity index (χ3v) is 7.11. The molecule has 1 fully saturated rings. The zero-order valence-electron chi connectivity index (χ0n) is 23.4. The van der Waals surface area contributed by atoms with Crippen molar-refractivity contribution in [1.29, 1.82) is 0 Å². The maximum Gasteiger partial charge on any atom is 0.411 e. The minimum absolute atomic E-state index is 0.00415. The van der Waals surface area contributed by atoms with Gasteiger partial charge in [-0.1, -0.05) is 75.4 Å². The summed E-state index contributed by atoms with van der Waals surface area (Å²) in [6.45, 7) is 13.0. The summed E-state index contributed by atoms with van der Waals surface area (Å²) in [6, 6.07) is 21.1. The number of nitrogens with zero attached hydrogens (tertiary/aromatic N) is 2. The van der Waals surface area contributed by atoms with E-state index in [2.05, 4.69) is 20.8 Å². The van der Waals surface area contributed by atoms with Gasteiger partial charge in [-0.05, 0) is 54.5 Å². The molecule has 6 nitrogen and oxygen atoms in total. The number of carbonyl (C=O) groups excluding carboxylic acids is 1. The smallest absolute Gasteiger partial charge is 0.411 e. The minimum Gasteiger partial charge on any atom is -0.438 e. The van der Waals surface area contributed by atoms with Gasteiger partial charge in [-0.15, -0.1) is 0 Å². The molecule has 0 unspecified atom stereocenters. The van der Waals surface area contributed by atoms with Crippen LogP contribution in [-0.4, -0.2) is 32.8 Å². The molecular formula is C32H40N2O4. The molecule has 2 heterocycles. The van der Waals surface area contributed by atoms with Crippen LogP contribution in [0.3, 0.4) is 0 Å². The number of rotatable bonds is 7. The minimum atomic E-state index is -0.991. The Morgan fingerprint density at radius 1 is 0.921 bits per heavy atom. The van der Waals surface area contributed by atoms with Crippen LogP contribution in [0.2, 0.25) is 0 Å². The van der Waals surface area contributed by atoms with Gasteiger partial charge in [0.05, 0.1) is 11.6 Å². The maximum absolute atomic E-state index is 13.3. The van der Waals surface area contributed by atoms with E-state index in [1.165, 1.54) is 0 Å². The number of ether oxygens (including phenoxy) is 1. The molecule has 1 amide bonds. The molecule has 1 aromatic heterocycles. The third-order valence-electron chi connectivity index (χ3n) is 7.11. The number of aliphatic hydroxyl groups is 1. The van der Waals surface area contributed by atoms with E-state index in [1.807, 2.05) is 73.8 Å². The molecule has 0 spiro atoms. The third kappa shape index (κ3) is 6.36. The molecule has 2 atom stereocenters. The first kappa shape index (κ1) is 27.6. The predicted molar refractivity (Wildman–Crippen MR) is 151 cm³/mol. The Morgan fingerprint density at radius 2 is 1.55 bits per heavy atom. The average Bonchev–Trinajstić information content (AvgIpc) is 2.84. The highest BCUT2D eigenvalue weighted by molar-refractivity contribution is 5.70. The van der Waals surface area contributed by atoms with E-state index < -0.39 is 11.2 Å². The molecule has 38 heavy (non-hydrogen) atoms. The molecular weight excluding hydrogens is 476 g/mol. The summed E-state index contributed by atoms with van der Waals surface area (Å²) in [5.41, 5.74) is 2.03. The van der Waals surface area contributed by atoms with Crippen molar-refractivity contribution in [3.05, 3.63) is 94.4 Å². The van der Waals surface area contributed by atoms with Crippen molar-refractivity contribution in [1.82, 2.24) is 9.47 Å². The summed E-state index contributed by atoms with van der Waals surface area (Å²) in [5, 5.41) is 10.6. The summed E-state index contributed by atoms with van der Waals surface area (Å²) in [7, 11) is 0. The zero-order valence-corrected chi connectivity index (χ0v) is 23.4. The molecule has 0 radical (unpaired) electrons. The Hall–Kier alpha value is -3.38. The average molecular weight is 517 g/mol. The van der Waals surface area contributed by atoms with Crippen LogP contribution in [-0.2, 0) is 16.9 Å². The van der Waals surface area contributed by atoms with Crippen LogP contribution >= 0.6 is 0 Å². The topological polar surface area (TPSA) is 71.8 Å². The van der Waals surface area contributed by atoms with Crippen LogP contribution in [0.5, 0.6) is 0 Å². The number of carbonyl (C=O) groups is 1. The van der Waals surface area contributed by atoms with Gasteiger partial charge in [-0.2, -0.15) is 0 Å². The van der Waals surface area contributed by atoms with Gasteiger partial charge in [0, 0.05) is 38.2 Å². The molecule has 0 aliphatic carbocycles. The lowest BCUT2D eigenvalue weighted by molar-refractivity contribution is -0.101. The number of amides is 1. The summed E-state index contributed by atoms with van der Waals surface area (Å²) in [5.74, 6) is 0. The number of cyclic esters (lactones) is 1. The number of benzene rings is 2. The highest BCUT2D eigenvalue weighted by Crippen LogP contribution is 2.42. The van der Waals surface area contributed by atoms with Crippen molar-refractivity contribution >= 4 is 6.09 Å². The van der Waals surface area contributed by atoms with Gasteiger partial charge >= 0.3 is 6.09 Å². The van der Waals surface area contributed by atoms with Gasteiger partial charge in [-0.25, -0.2) is 4.79 Å². The first-order chi connectivity index (χ1) is 17.8. The van der Waals surface area contributed by atoms with Gasteiger partial charge < -0.3 is 19.3 Å². The number of hydrogen-bond acceptors (Lipinski definition) is 4. The van der Waals surface area contributed by atoms with Gasteiger partial charge in [0.1, 0.15) is 5.60 Å². The molecule has 1 aliphatic rings. The van der Waals surface area contributed by atoms with E-state index in [-0.39, 0.29) is 23.1 Å². The summed E-state index contributed by atoms with van der Waals surface area (Å²) in [6.07, 6.45) is 2.45. The fourth-order valence-electron chi connectivity index (χ4n) is 5.36. The van der Waals surface area contributed by atoms with Crippen LogP contribution in [0.4, 0.5) is 4.79 Å². The van der Waals surface area contributed by atoms with Crippen molar-refractivity contribution in [2.24, 2.45) is 5.41 Å². The Labute approximate surface area is 225 Å². The first-order valence-corrected chi connectivity index (χ1v) is 13.3. The standard InChI is InChI=1S/C32H40N2O4/c1-23(24-12-14-25(15-13-24)26-16-17-28(35)33(20-26)22-30(2,3)4)34-19-18-32(38-29(34)36,21-31(5,6)37)27-10-8-7-9-11-27/h7-17,20,23,37H,18-19,21-22H2,1-6H3/t23-,32-/m0/s1. The molecule has 3 aromatic rings. The Kier molecular flexibility index (Phi) is 7.57. The second-order valence-corrected chi connectivity index (χ2v) is 12.4. The van der Waals surface area contributed by atoms with Crippen LogP contribution in [0.25, 0.3) is 11.1 Å². The van der Waals surface area contributed by atoms with Gasteiger partial charge in [0.15, 0.2) is 0 Å². The van der Waals surface area contributed by atoms with Crippen molar-refractivity contribution < 1.29 is 14.6 Å². The lowest BCUT2D eigenvalue weighted by atomic mass is 9.80. The Bertz CT molecular complexity index is 1320. The normalized spacial score (nSPS) is 19.2. The van der Waals surface area contributed by atoms with Crippen LogP contribution < -0.4 is 5.56 Å². The van der Waals surface area contributed by atoms with E-state index in [9.17, 15) is 14.7 Å². The zero-order chi connectivity index (χ0) is 27.7. The Balaban J connectivity index is 1.52. The fourth-order valence-corrected chi connectivity index (χ4v) is 5.36. The fraction of sp³-hybridized carbons (Fsp3) is 0.438. The van der Waals surface area contributed by atoms with Crippen LogP contribution in [0, 0.1) is 5.41 Å². The van der Waals surface area contributed by atoms with Crippen LogP contribution in [0.15, 0.2) is 77.7 Å². The second-order valence-electron chi connectivity index (χ2n) is 12.4. The maximum atomic E-state index is 13.3. The highest BCUT2D eigenvalue weighted by Gasteiger charge is 2.46. The Morgan fingerprint density at radius 3 is 2.13 bits per heavy atom. The van der Waals surface area contributed by atoms with Crippen molar-refractivity contribution in [2.45, 2.75) is 78.2 Å². The van der Waals surface area contributed by atoms with Crippen molar-refractivity contribution in [2.75, 3.05) is 6.54 Å². The molecule has 202 valence electrons. The molecule has 6 heteroatoms. The molecule has 1 aliphatic heterocycles. The quantitative estimate of drug-likeness (QED) is 0.388. The van der Waals surface area contributed by atoms with E-state index in [1.54, 1.807) is 29.4 Å². The summed E-state index contributed by atoms with van der Waals surface area (Å²) < 4.78 is 7.91.